The Bertz CT molecular complexity index is 955. The SMILES string of the molecule is CCCCNC(=O)C(C)N(Cc1ccc(Cl)cc1Cl)C(=O)CCN1C(=O)[C@H]2CC=CC[C@H]2C1=O. The van der Waals surface area contributed by atoms with E-state index < -0.39 is 6.04 Å². The summed E-state index contributed by atoms with van der Waals surface area (Å²) in [6.07, 6.45) is 6.67. The van der Waals surface area contributed by atoms with Crippen LogP contribution in [0.4, 0.5) is 0 Å². The molecular formula is C25H31Cl2N3O4. The van der Waals surface area contributed by atoms with Gasteiger partial charge in [0.15, 0.2) is 0 Å². The number of rotatable bonds is 10. The van der Waals surface area contributed by atoms with Crippen molar-refractivity contribution in [3.8, 4) is 0 Å². The highest BCUT2D eigenvalue weighted by Crippen LogP contribution is 2.35. The zero-order chi connectivity index (χ0) is 24.8. The number of halogens is 2. The normalized spacial score (nSPS) is 20.3. The van der Waals surface area contributed by atoms with E-state index in [0.717, 1.165) is 12.8 Å². The first-order valence-corrected chi connectivity index (χ1v) is 12.5. The van der Waals surface area contributed by atoms with Crippen LogP contribution in [0.2, 0.25) is 10.0 Å². The van der Waals surface area contributed by atoms with Gasteiger partial charge in [0, 0.05) is 36.1 Å². The molecular weight excluding hydrogens is 477 g/mol. The van der Waals surface area contributed by atoms with Crippen LogP contribution in [0.15, 0.2) is 30.4 Å². The van der Waals surface area contributed by atoms with E-state index >= 15 is 0 Å². The summed E-state index contributed by atoms with van der Waals surface area (Å²) < 4.78 is 0. The third kappa shape index (κ3) is 5.99. The van der Waals surface area contributed by atoms with Crippen LogP contribution < -0.4 is 5.32 Å². The molecule has 7 nitrogen and oxygen atoms in total. The molecule has 1 saturated heterocycles. The van der Waals surface area contributed by atoms with Gasteiger partial charge in [0.1, 0.15) is 6.04 Å². The fourth-order valence-electron chi connectivity index (χ4n) is 4.39. The van der Waals surface area contributed by atoms with Crippen molar-refractivity contribution in [2.75, 3.05) is 13.1 Å². The molecule has 0 aromatic heterocycles. The number of amides is 4. The van der Waals surface area contributed by atoms with E-state index in [1.807, 2.05) is 19.1 Å². The third-order valence-corrected chi connectivity index (χ3v) is 7.09. The summed E-state index contributed by atoms with van der Waals surface area (Å²) in [5.74, 6) is -1.70. The van der Waals surface area contributed by atoms with Crippen molar-refractivity contribution in [1.29, 1.82) is 0 Å². The maximum absolute atomic E-state index is 13.3. The Balaban J connectivity index is 1.72. The summed E-state index contributed by atoms with van der Waals surface area (Å²) in [7, 11) is 0. The summed E-state index contributed by atoms with van der Waals surface area (Å²) in [5.41, 5.74) is 0.651. The molecule has 1 aromatic rings. The lowest BCUT2D eigenvalue weighted by Gasteiger charge is -2.29. The van der Waals surface area contributed by atoms with Crippen molar-refractivity contribution in [2.24, 2.45) is 11.8 Å². The molecule has 34 heavy (non-hydrogen) atoms. The first kappa shape index (κ1) is 26.2. The van der Waals surface area contributed by atoms with E-state index in [4.69, 9.17) is 23.2 Å². The molecule has 0 spiro atoms. The third-order valence-electron chi connectivity index (χ3n) is 6.50. The predicted molar refractivity (Wildman–Crippen MR) is 131 cm³/mol. The van der Waals surface area contributed by atoms with E-state index in [-0.39, 0.29) is 55.0 Å². The molecule has 1 heterocycles. The minimum absolute atomic E-state index is 0.00146. The molecule has 1 aliphatic carbocycles. The summed E-state index contributed by atoms with van der Waals surface area (Å²) in [5, 5.41) is 3.73. The van der Waals surface area contributed by atoms with Gasteiger partial charge in [-0.25, -0.2) is 0 Å². The second-order valence-electron chi connectivity index (χ2n) is 8.81. The number of unbranched alkanes of at least 4 members (excludes halogenated alkanes) is 1. The number of likely N-dealkylation sites (tertiary alicyclic amines) is 1. The second kappa shape index (κ2) is 11.8. The highest BCUT2D eigenvalue weighted by atomic mass is 35.5. The number of allylic oxidation sites excluding steroid dienone is 2. The number of nitrogens with one attached hydrogen (secondary N) is 1. The smallest absolute Gasteiger partial charge is 0.242 e. The first-order valence-electron chi connectivity index (χ1n) is 11.8. The van der Waals surface area contributed by atoms with Crippen LogP contribution >= 0.6 is 23.2 Å². The van der Waals surface area contributed by atoms with E-state index in [1.54, 1.807) is 25.1 Å². The number of fused-ring (bicyclic) bond motifs is 1. The molecule has 1 unspecified atom stereocenters. The van der Waals surface area contributed by atoms with Crippen molar-refractivity contribution in [3.63, 3.8) is 0 Å². The Morgan fingerprint density at radius 2 is 1.79 bits per heavy atom. The van der Waals surface area contributed by atoms with E-state index in [2.05, 4.69) is 5.32 Å². The molecule has 1 N–H and O–H groups in total. The summed E-state index contributed by atoms with van der Waals surface area (Å²) in [4.78, 5) is 54.2. The Morgan fingerprint density at radius 3 is 2.38 bits per heavy atom. The summed E-state index contributed by atoms with van der Waals surface area (Å²) >= 11 is 12.3. The monoisotopic (exact) mass is 507 g/mol. The predicted octanol–water partition coefficient (Wildman–Crippen LogP) is 3.97. The summed E-state index contributed by atoms with van der Waals surface area (Å²) in [6, 6.07) is 4.23. The van der Waals surface area contributed by atoms with Crippen molar-refractivity contribution in [3.05, 3.63) is 46.0 Å². The van der Waals surface area contributed by atoms with Gasteiger partial charge in [-0.15, -0.1) is 0 Å². The molecule has 0 radical (unpaired) electrons. The van der Waals surface area contributed by atoms with Gasteiger partial charge in [-0.2, -0.15) is 0 Å². The quantitative estimate of drug-likeness (QED) is 0.295. The number of imide groups is 1. The molecule has 9 heteroatoms. The van der Waals surface area contributed by atoms with Crippen molar-refractivity contribution < 1.29 is 19.2 Å². The molecule has 3 atom stereocenters. The topological polar surface area (TPSA) is 86.8 Å². The highest BCUT2D eigenvalue weighted by molar-refractivity contribution is 6.35. The lowest BCUT2D eigenvalue weighted by Crippen LogP contribution is -2.48. The standard InChI is InChI=1S/C25H31Cl2N3O4/c1-3-4-12-28-23(32)16(2)30(15-17-9-10-18(26)14-21(17)27)22(31)11-13-29-24(33)19-7-5-6-8-20(19)25(29)34/h5-6,9-10,14,16,19-20H,3-4,7-8,11-13,15H2,1-2H3,(H,28,32)/t16?,19-,20+. The van der Waals surface area contributed by atoms with Crippen LogP contribution in [0.3, 0.4) is 0 Å². The molecule has 4 amide bonds. The molecule has 0 bridgehead atoms. The van der Waals surface area contributed by atoms with E-state index in [0.29, 0.717) is 35.0 Å². The average molecular weight is 508 g/mol. The zero-order valence-electron chi connectivity index (χ0n) is 19.6. The van der Waals surface area contributed by atoms with Crippen LogP contribution in [0.5, 0.6) is 0 Å². The van der Waals surface area contributed by atoms with Crippen LogP contribution in [0, 0.1) is 11.8 Å². The molecule has 3 rings (SSSR count). The molecule has 2 aliphatic rings. The average Bonchev–Trinajstić information content (AvgIpc) is 3.06. The number of nitrogens with zero attached hydrogens (tertiary/aromatic N) is 2. The molecule has 0 saturated carbocycles. The molecule has 1 fully saturated rings. The minimum atomic E-state index is -0.757. The van der Waals surface area contributed by atoms with Crippen LogP contribution in [-0.4, -0.2) is 52.6 Å². The minimum Gasteiger partial charge on any atom is -0.354 e. The maximum Gasteiger partial charge on any atom is 0.242 e. The number of carbonyl (C=O) groups excluding carboxylic acids is 4. The Morgan fingerprint density at radius 1 is 1.15 bits per heavy atom. The van der Waals surface area contributed by atoms with Gasteiger partial charge in [-0.1, -0.05) is 54.8 Å². The Kier molecular flexibility index (Phi) is 9.14. The van der Waals surface area contributed by atoms with Gasteiger partial charge < -0.3 is 10.2 Å². The number of carbonyl (C=O) groups is 4. The largest absolute Gasteiger partial charge is 0.354 e. The van der Waals surface area contributed by atoms with Crippen molar-refractivity contribution in [1.82, 2.24) is 15.1 Å². The molecule has 1 aromatic carbocycles. The van der Waals surface area contributed by atoms with Crippen LogP contribution in [-0.2, 0) is 25.7 Å². The number of hydrogen-bond acceptors (Lipinski definition) is 4. The van der Waals surface area contributed by atoms with E-state index in [9.17, 15) is 19.2 Å². The number of benzene rings is 1. The van der Waals surface area contributed by atoms with E-state index in [1.165, 1.54) is 9.80 Å². The fraction of sp³-hybridized carbons (Fsp3) is 0.520. The van der Waals surface area contributed by atoms with Gasteiger partial charge in [0.25, 0.3) is 0 Å². The van der Waals surface area contributed by atoms with Crippen LogP contribution in [0.1, 0.15) is 51.5 Å². The molecule has 184 valence electrons. The summed E-state index contributed by atoms with van der Waals surface area (Å²) in [6.45, 7) is 4.32. The van der Waals surface area contributed by atoms with Crippen molar-refractivity contribution >= 4 is 46.8 Å². The second-order valence-corrected chi connectivity index (χ2v) is 9.66. The fourth-order valence-corrected chi connectivity index (χ4v) is 4.86. The molecule has 1 aliphatic heterocycles. The first-order chi connectivity index (χ1) is 16.2. The lowest BCUT2D eigenvalue weighted by molar-refractivity contribution is -0.143. The lowest BCUT2D eigenvalue weighted by atomic mass is 9.85. The highest BCUT2D eigenvalue weighted by Gasteiger charge is 2.47. The van der Waals surface area contributed by atoms with Gasteiger partial charge in [-0.05, 0) is 43.9 Å². The van der Waals surface area contributed by atoms with Crippen LogP contribution in [0.25, 0.3) is 0 Å². The van der Waals surface area contributed by atoms with Gasteiger partial charge in [0.2, 0.25) is 23.6 Å². The van der Waals surface area contributed by atoms with Gasteiger partial charge >= 0.3 is 0 Å². The Hall–Kier alpha value is -2.38. The van der Waals surface area contributed by atoms with Crippen molar-refractivity contribution in [2.45, 2.75) is 58.5 Å². The van der Waals surface area contributed by atoms with Gasteiger partial charge in [-0.3, -0.25) is 24.1 Å². The zero-order valence-corrected chi connectivity index (χ0v) is 21.1. The maximum atomic E-state index is 13.3. The van der Waals surface area contributed by atoms with Gasteiger partial charge in [0.05, 0.1) is 11.8 Å². The number of hydrogen-bond donors (Lipinski definition) is 1. The Labute approximate surface area is 210 Å².